The largest absolute Gasteiger partial charge is 0.312 e. The normalized spacial score (nSPS) is 17.0. The number of carbonyl (C=O) groups excluding carboxylic acids is 1. The van der Waals surface area contributed by atoms with Gasteiger partial charge in [-0.15, -0.1) is 0 Å². The summed E-state index contributed by atoms with van der Waals surface area (Å²) in [6.07, 6.45) is 4.86. The molecule has 0 aromatic heterocycles. The zero-order valence-electron chi connectivity index (χ0n) is 15.1. The van der Waals surface area contributed by atoms with Gasteiger partial charge in [0.2, 0.25) is 5.91 Å². The topological polar surface area (TPSA) is 66.5 Å². The molecule has 0 saturated heterocycles. The number of nitrogens with zero attached hydrogens (tertiary/aromatic N) is 1. The van der Waals surface area contributed by atoms with Gasteiger partial charge in [-0.05, 0) is 61.2 Å². The molecule has 0 bridgehead atoms. The Morgan fingerprint density at radius 3 is 2.57 bits per heavy atom. The molecular formula is C20H20Cl2N2O3S. The van der Waals surface area contributed by atoms with Gasteiger partial charge >= 0.3 is 0 Å². The molecule has 0 spiro atoms. The Kier molecular flexibility index (Phi) is 5.29. The highest BCUT2D eigenvalue weighted by atomic mass is 35.5. The van der Waals surface area contributed by atoms with Crippen LogP contribution in [0.15, 0.2) is 41.3 Å². The van der Waals surface area contributed by atoms with Crippen molar-refractivity contribution in [2.45, 2.75) is 37.0 Å². The van der Waals surface area contributed by atoms with E-state index in [9.17, 15) is 13.2 Å². The molecule has 5 nitrogen and oxygen atoms in total. The van der Waals surface area contributed by atoms with Crippen LogP contribution in [-0.4, -0.2) is 20.9 Å². The maximum atomic E-state index is 12.8. The minimum atomic E-state index is -3.87. The Bertz CT molecular complexity index is 1030. The Labute approximate surface area is 174 Å². The van der Waals surface area contributed by atoms with E-state index in [1.54, 1.807) is 12.1 Å². The predicted molar refractivity (Wildman–Crippen MR) is 112 cm³/mol. The Morgan fingerprint density at radius 1 is 1.07 bits per heavy atom. The molecule has 1 saturated carbocycles. The number of amides is 1. The quantitative estimate of drug-likeness (QED) is 0.739. The molecule has 2 aromatic rings. The van der Waals surface area contributed by atoms with Crippen molar-refractivity contribution in [3.05, 3.63) is 52.0 Å². The van der Waals surface area contributed by atoms with Crippen molar-refractivity contribution >= 4 is 50.5 Å². The number of carbonyl (C=O) groups is 1. The summed E-state index contributed by atoms with van der Waals surface area (Å²) in [4.78, 5) is 14.5. The standard InChI is InChI=1S/C20H20Cl2N2O3S/c21-15-5-7-17(22)19(12-15)28(26,27)23-16-6-8-18-14(11-16)9-10-24(18)20(25)13-3-1-2-4-13/h5-8,11-13,23H,1-4,9-10H2. The van der Waals surface area contributed by atoms with Crippen LogP contribution in [0.1, 0.15) is 31.2 Å². The number of benzene rings is 2. The summed E-state index contributed by atoms with van der Waals surface area (Å²) in [6.45, 7) is 0.640. The highest BCUT2D eigenvalue weighted by Crippen LogP contribution is 2.35. The van der Waals surface area contributed by atoms with E-state index in [1.807, 2.05) is 11.0 Å². The minimum Gasteiger partial charge on any atom is -0.312 e. The molecule has 1 N–H and O–H groups in total. The Balaban J connectivity index is 1.57. The third-order valence-electron chi connectivity index (χ3n) is 5.38. The number of hydrogen-bond donors (Lipinski definition) is 1. The lowest BCUT2D eigenvalue weighted by atomic mass is 10.1. The monoisotopic (exact) mass is 438 g/mol. The Morgan fingerprint density at radius 2 is 1.82 bits per heavy atom. The molecular weight excluding hydrogens is 419 g/mol. The van der Waals surface area contributed by atoms with Crippen LogP contribution in [-0.2, 0) is 21.2 Å². The van der Waals surface area contributed by atoms with Crippen molar-refractivity contribution in [2.75, 3.05) is 16.2 Å². The minimum absolute atomic E-state index is 0.0693. The van der Waals surface area contributed by atoms with E-state index in [2.05, 4.69) is 4.72 Å². The van der Waals surface area contributed by atoms with Crippen LogP contribution in [0.5, 0.6) is 0 Å². The lowest BCUT2D eigenvalue weighted by molar-refractivity contribution is -0.122. The summed E-state index contributed by atoms with van der Waals surface area (Å²) in [5.74, 6) is 0.310. The van der Waals surface area contributed by atoms with Crippen LogP contribution < -0.4 is 9.62 Å². The number of sulfonamides is 1. The van der Waals surface area contributed by atoms with Gasteiger partial charge in [0.1, 0.15) is 4.90 Å². The predicted octanol–water partition coefficient (Wildman–Crippen LogP) is 4.87. The van der Waals surface area contributed by atoms with Gasteiger partial charge in [0, 0.05) is 28.9 Å². The molecule has 2 aromatic carbocycles. The first kappa shape index (κ1) is 19.6. The van der Waals surface area contributed by atoms with Gasteiger partial charge < -0.3 is 4.90 Å². The third kappa shape index (κ3) is 3.73. The maximum Gasteiger partial charge on any atom is 0.263 e. The van der Waals surface area contributed by atoms with Gasteiger partial charge in [-0.2, -0.15) is 0 Å². The maximum absolute atomic E-state index is 12.8. The SMILES string of the molecule is O=C(C1CCCC1)N1CCc2cc(NS(=O)(=O)c3cc(Cl)ccc3Cl)ccc21. The molecule has 8 heteroatoms. The fraction of sp³-hybridized carbons (Fsp3) is 0.350. The van der Waals surface area contributed by atoms with Crippen LogP contribution in [0.3, 0.4) is 0 Å². The smallest absolute Gasteiger partial charge is 0.263 e. The van der Waals surface area contributed by atoms with Crippen LogP contribution in [0.2, 0.25) is 10.0 Å². The number of fused-ring (bicyclic) bond motifs is 1. The summed E-state index contributed by atoms with van der Waals surface area (Å²) in [5, 5.41) is 0.395. The molecule has 1 aliphatic carbocycles. The second kappa shape index (κ2) is 7.58. The van der Waals surface area contributed by atoms with Gasteiger partial charge in [-0.3, -0.25) is 9.52 Å². The molecule has 1 amide bonds. The van der Waals surface area contributed by atoms with Crippen molar-refractivity contribution in [2.24, 2.45) is 5.92 Å². The fourth-order valence-corrected chi connectivity index (χ4v) is 5.79. The molecule has 1 heterocycles. The van der Waals surface area contributed by atoms with Gasteiger partial charge in [-0.1, -0.05) is 36.0 Å². The summed E-state index contributed by atoms with van der Waals surface area (Å²) >= 11 is 11.9. The van der Waals surface area contributed by atoms with E-state index in [4.69, 9.17) is 23.2 Å². The molecule has 28 heavy (non-hydrogen) atoms. The third-order valence-corrected chi connectivity index (χ3v) is 7.48. The highest BCUT2D eigenvalue weighted by molar-refractivity contribution is 7.92. The van der Waals surface area contributed by atoms with Crippen molar-refractivity contribution in [3.8, 4) is 0 Å². The van der Waals surface area contributed by atoms with E-state index in [0.29, 0.717) is 23.7 Å². The molecule has 2 aliphatic rings. The summed E-state index contributed by atoms with van der Waals surface area (Å²) < 4.78 is 28.0. The van der Waals surface area contributed by atoms with E-state index >= 15 is 0 Å². The summed E-state index contributed by atoms with van der Waals surface area (Å²) in [7, 11) is -3.87. The van der Waals surface area contributed by atoms with Crippen LogP contribution >= 0.6 is 23.2 Å². The lowest BCUT2D eigenvalue weighted by Gasteiger charge is -2.21. The van der Waals surface area contributed by atoms with Crippen LogP contribution in [0, 0.1) is 5.92 Å². The highest BCUT2D eigenvalue weighted by Gasteiger charge is 2.32. The summed E-state index contributed by atoms with van der Waals surface area (Å²) in [5.41, 5.74) is 2.27. The van der Waals surface area contributed by atoms with Crippen molar-refractivity contribution in [1.82, 2.24) is 0 Å². The molecule has 1 aliphatic heterocycles. The number of anilines is 2. The van der Waals surface area contributed by atoms with Crippen LogP contribution in [0.25, 0.3) is 0 Å². The first-order valence-electron chi connectivity index (χ1n) is 9.27. The number of rotatable bonds is 4. The van der Waals surface area contributed by atoms with E-state index in [0.717, 1.165) is 36.9 Å². The zero-order chi connectivity index (χ0) is 19.9. The molecule has 0 unspecified atom stereocenters. The number of hydrogen-bond acceptors (Lipinski definition) is 3. The molecule has 1 fully saturated rings. The summed E-state index contributed by atoms with van der Waals surface area (Å²) in [6, 6.07) is 9.58. The van der Waals surface area contributed by atoms with Gasteiger partial charge in [0.15, 0.2) is 0 Å². The molecule has 148 valence electrons. The second-order valence-electron chi connectivity index (χ2n) is 7.24. The fourth-order valence-electron chi connectivity index (χ4n) is 3.98. The molecule has 0 radical (unpaired) electrons. The lowest BCUT2D eigenvalue weighted by Crippen LogP contribution is -2.33. The van der Waals surface area contributed by atoms with Crippen molar-refractivity contribution in [3.63, 3.8) is 0 Å². The van der Waals surface area contributed by atoms with Gasteiger partial charge in [0.25, 0.3) is 10.0 Å². The molecule has 0 atom stereocenters. The molecule has 4 rings (SSSR count). The van der Waals surface area contributed by atoms with Crippen LogP contribution in [0.4, 0.5) is 11.4 Å². The van der Waals surface area contributed by atoms with E-state index in [-0.39, 0.29) is 21.7 Å². The Hall–Kier alpha value is -1.76. The van der Waals surface area contributed by atoms with Crippen molar-refractivity contribution in [1.29, 1.82) is 0 Å². The van der Waals surface area contributed by atoms with E-state index in [1.165, 1.54) is 18.2 Å². The van der Waals surface area contributed by atoms with E-state index < -0.39 is 10.0 Å². The average Bonchev–Trinajstić information content (AvgIpc) is 3.32. The first-order chi connectivity index (χ1) is 13.3. The zero-order valence-corrected chi connectivity index (χ0v) is 17.4. The number of halogens is 2. The second-order valence-corrected chi connectivity index (χ2v) is 9.74. The first-order valence-corrected chi connectivity index (χ1v) is 11.5. The van der Waals surface area contributed by atoms with Gasteiger partial charge in [0.05, 0.1) is 5.02 Å². The average molecular weight is 439 g/mol. The van der Waals surface area contributed by atoms with Crippen molar-refractivity contribution < 1.29 is 13.2 Å². The number of nitrogens with one attached hydrogen (secondary N) is 1. The van der Waals surface area contributed by atoms with Gasteiger partial charge in [-0.25, -0.2) is 8.42 Å².